The highest BCUT2D eigenvalue weighted by Gasteiger charge is 2.15. The maximum Gasteiger partial charge on any atom is 0.165 e. The van der Waals surface area contributed by atoms with Crippen molar-refractivity contribution in [3.8, 4) is 11.3 Å². The van der Waals surface area contributed by atoms with Crippen molar-refractivity contribution < 1.29 is 0 Å². The van der Waals surface area contributed by atoms with E-state index in [0.29, 0.717) is 28.5 Å². The van der Waals surface area contributed by atoms with Crippen LogP contribution >= 0.6 is 24.2 Å². The van der Waals surface area contributed by atoms with E-state index in [9.17, 15) is 0 Å². The summed E-state index contributed by atoms with van der Waals surface area (Å²) >= 11 is 11.1. The van der Waals surface area contributed by atoms with E-state index in [4.69, 9.17) is 22.3 Å². The predicted molar refractivity (Wildman–Crippen MR) is 118 cm³/mol. The fourth-order valence-corrected chi connectivity index (χ4v) is 3.92. The molecular weight excluding hydrogens is 404 g/mol. The van der Waals surface area contributed by atoms with Crippen molar-refractivity contribution >= 4 is 52.1 Å². The summed E-state index contributed by atoms with van der Waals surface area (Å²) in [6.45, 7) is 0.514. The first kappa shape index (κ1) is 17.9. The summed E-state index contributed by atoms with van der Waals surface area (Å²) in [4.78, 5) is 18.5. The lowest BCUT2D eigenvalue weighted by atomic mass is 10.0. The first-order valence-electron chi connectivity index (χ1n) is 8.89. The Labute approximate surface area is 176 Å². The third-order valence-electron chi connectivity index (χ3n) is 4.80. The Morgan fingerprint density at radius 3 is 2.72 bits per heavy atom. The molecule has 8 heteroatoms. The molecule has 6 nitrogen and oxygen atoms in total. The lowest BCUT2D eigenvalue weighted by Gasteiger charge is -2.14. The zero-order valence-electron chi connectivity index (χ0n) is 15.1. The maximum absolute atomic E-state index is 6.42. The molecule has 2 N–H and O–H groups in total. The van der Waals surface area contributed by atoms with Gasteiger partial charge in [0.25, 0.3) is 0 Å². The van der Waals surface area contributed by atoms with Gasteiger partial charge in [-0.3, -0.25) is 0 Å². The zero-order chi connectivity index (χ0) is 20.0. The Kier molecular flexibility index (Phi) is 4.34. The summed E-state index contributed by atoms with van der Waals surface area (Å²) in [5, 5.41) is 1.58. The number of thiol groups is 1. The van der Waals surface area contributed by atoms with Crippen molar-refractivity contribution in [3.63, 3.8) is 0 Å². The van der Waals surface area contributed by atoms with Crippen molar-refractivity contribution in [3.05, 3.63) is 71.8 Å². The molecule has 0 aliphatic heterocycles. The average molecular weight is 419 g/mol. The van der Waals surface area contributed by atoms with Crippen LogP contribution in [0.3, 0.4) is 0 Å². The lowest BCUT2D eigenvalue weighted by Crippen LogP contribution is -2.04. The SMILES string of the molecule is Nc1ncnc2c1ncn2Cc1cc2cccc(Cl)c2nc1-c1ccccc1S. The minimum absolute atomic E-state index is 0.359. The molecule has 0 amide bonds. The van der Waals surface area contributed by atoms with Crippen LogP contribution in [0.4, 0.5) is 5.82 Å². The van der Waals surface area contributed by atoms with Gasteiger partial charge in [0.1, 0.15) is 11.8 Å². The molecule has 0 bridgehead atoms. The molecule has 0 aliphatic carbocycles. The number of hydrogen-bond acceptors (Lipinski definition) is 6. The average Bonchev–Trinajstić information content (AvgIpc) is 3.13. The van der Waals surface area contributed by atoms with E-state index in [2.05, 4.69) is 33.6 Å². The van der Waals surface area contributed by atoms with E-state index < -0.39 is 0 Å². The number of para-hydroxylation sites is 1. The van der Waals surface area contributed by atoms with Crippen molar-refractivity contribution in [1.82, 2.24) is 24.5 Å². The number of benzene rings is 2. The third kappa shape index (κ3) is 3.08. The highest BCUT2D eigenvalue weighted by Crippen LogP contribution is 2.33. The molecule has 0 atom stereocenters. The van der Waals surface area contributed by atoms with Gasteiger partial charge < -0.3 is 10.3 Å². The van der Waals surface area contributed by atoms with Gasteiger partial charge >= 0.3 is 0 Å². The molecule has 29 heavy (non-hydrogen) atoms. The molecule has 0 saturated carbocycles. The van der Waals surface area contributed by atoms with Gasteiger partial charge in [-0.05, 0) is 23.8 Å². The molecule has 3 heterocycles. The largest absolute Gasteiger partial charge is 0.382 e. The summed E-state index contributed by atoms with van der Waals surface area (Å²) in [6.07, 6.45) is 3.16. The zero-order valence-corrected chi connectivity index (χ0v) is 16.8. The Bertz CT molecular complexity index is 1380. The van der Waals surface area contributed by atoms with Gasteiger partial charge in [0.15, 0.2) is 11.5 Å². The van der Waals surface area contributed by atoms with Crippen LogP contribution in [-0.4, -0.2) is 24.5 Å². The maximum atomic E-state index is 6.42. The Hall–Kier alpha value is -3.16. The molecule has 142 valence electrons. The first-order valence-corrected chi connectivity index (χ1v) is 9.72. The van der Waals surface area contributed by atoms with Crippen LogP contribution in [0.15, 0.2) is 66.1 Å². The molecule has 5 rings (SSSR count). The minimum Gasteiger partial charge on any atom is -0.382 e. The van der Waals surface area contributed by atoms with E-state index >= 15 is 0 Å². The third-order valence-corrected chi connectivity index (χ3v) is 5.50. The number of rotatable bonds is 3. The van der Waals surface area contributed by atoms with Crippen molar-refractivity contribution in [2.24, 2.45) is 0 Å². The smallest absolute Gasteiger partial charge is 0.165 e. The number of hydrogen-bond donors (Lipinski definition) is 2. The summed E-state index contributed by atoms with van der Waals surface area (Å²) in [5.74, 6) is 0.359. The van der Waals surface area contributed by atoms with Crippen LogP contribution < -0.4 is 5.73 Å². The van der Waals surface area contributed by atoms with E-state index in [1.807, 2.05) is 47.0 Å². The normalized spacial score (nSPS) is 11.4. The Balaban J connectivity index is 1.74. The standard InChI is InChI=1S/C21H15ClN6S/c22-15-6-3-4-12-8-13(9-28-11-26-19-20(23)24-10-25-21(19)28)17(27-18(12)15)14-5-1-2-7-16(14)29/h1-8,10-11,29H,9H2,(H2,23,24,25). The molecule has 5 aromatic rings. The second-order valence-electron chi connectivity index (χ2n) is 6.63. The number of pyridine rings is 1. The number of halogens is 1. The first-order chi connectivity index (χ1) is 14.1. The van der Waals surface area contributed by atoms with Crippen LogP contribution in [0.5, 0.6) is 0 Å². The van der Waals surface area contributed by atoms with Gasteiger partial charge in [0.2, 0.25) is 0 Å². The molecular formula is C21H15ClN6S. The van der Waals surface area contributed by atoms with Crippen LogP contribution in [0.1, 0.15) is 5.56 Å². The minimum atomic E-state index is 0.359. The fourth-order valence-electron chi connectivity index (χ4n) is 3.43. The second kappa shape index (κ2) is 7.02. The van der Waals surface area contributed by atoms with Gasteiger partial charge in [-0.25, -0.2) is 19.9 Å². The fraction of sp³-hybridized carbons (Fsp3) is 0.0476. The number of nitrogens with zero attached hydrogens (tertiary/aromatic N) is 5. The van der Waals surface area contributed by atoms with Crippen molar-refractivity contribution in [1.29, 1.82) is 0 Å². The quantitative estimate of drug-likeness (QED) is 0.418. The number of anilines is 1. The van der Waals surface area contributed by atoms with Gasteiger partial charge in [0, 0.05) is 15.8 Å². The molecule has 0 radical (unpaired) electrons. The monoisotopic (exact) mass is 418 g/mol. The molecule has 3 aromatic heterocycles. The molecule has 0 saturated heterocycles. The molecule has 0 fully saturated rings. The van der Waals surface area contributed by atoms with Gasteiger partial charge in [-0.15, -0.1) is 12.6 Å². The van der Waals surface area contributed by atoms with Gasteiger partial charge in [-0.1, -0.05) is 41.9 Å². The Morgan fingerprint density at radius 2 is 1.86 bits per heavy atom. The van der Waals surface area contributed by atoms with Crippen molar-refractivity contribution in [2.75, 3.05) is 5.73 Å². The van der Waals surface area contributed by atoms with Crippen LogP contribution in [0.2, 0.25) is 5.02 Å². The number of imidazole rings is 1. The lowest BCUT2D eigenvalue weighted by molar-refractivity contribution is 0.812. The predicted octanol–water partition coefficient (Wildman–Crippen LogP) is 4.61. The Morgan fingerprint density at radius 1 is 1.00 bits per heavy atom. The van der Waals surface area contributed by atoms with E-state index in [0.717, 1.165) is 32.6 Å². The molecule has 0 aliphatic rings. The molecule has 2 aromatic carbocycles. The highest BCUT2D eigenvalue weighted by molar-refractivity contribution is 7.80. The van der Waals surface area contributed by atoms with E-state index in [-0.39, 0.29) is 0 Å². The topological polar surface area (TPSA) is 82.5 Å². The molecule has 0 unspecified atom stereocenters. The second-order valence-corrected chi connectivity index (χ2v) is 7.52. The number of nitrogens with two attached hydrogens (primary N) is 1. The van der Waals surface area contributed by atoms with Crippen LogP contribution in [0, 0.1) is 0 Å². The number of aromatic nitrogens is 5. The van der Waals surface area contributed by atoms with E-state index in [1.54, 1.807) is 6.33 Å². The van der Waals surface area contributed by atoms with Crippen LogP contribution in [0.25, 0.3) is 33.3 Å². The summed E-state index contributed by atoms with van der Waals surface area (Å²) < 4.78 is 1.94. The van der Waals surface area contributed by atoms with E-state index in [1.165, 1.54) is 6.33 Å². The summed E-state index contributed by atoms with van der Waals surface area (Å²) in [5.41, 5.74) is 10.7. The number of nitrogen functional groups attached to an aromatic ring is 1. The highest BCUT2D eigenvalue weighted by atomic mass is 35.5. The number of fused-ring (bicyclic) bond motifs is 2. The van der Waals surface area contributed by atoms with Gasteiger partial charge in [-0.2, -0.15) is 0 Å². The van der Waals surface area contributed by atoms with Gasteiger partial charge in [0.05, 0.1) is 29.1 Å². The summed E-state index contributed by atoms with van der Waals surface area (Å²) in [6, 6.07) is 15.7. The van der Waals surface area contributed by atoms with Crippen LogP contribution in [-0.2, 0) is 6.54 Å². The van der Waals surface area contributed by atoms with Crippen molar-refractivity contribution in [2.45, 2.75) is 11.4 Å². The molecule has 0 spiro atoms. The summed E-state index contributed by atoms with van der Waals surface area (Å²) in [7, 11) is 0.